The van der Waals surface area contributed by atoms with Gasteiger partial charge in [0.2, 0.25) is 0 Å². The van der Waals surface area contributed by atoms with Crippen molar-refractivity contribution in [1.82, 2.24) is 10.2 Å². The van der Waals surface area contributed by atoms with Crippen LogP contribution in [0.25, 0.3) is 0 Å². The average Bonchev–Trinajstić information content (AvgIpc) is 2.96. The molecule has 3 heteroatoms. The van der Waals surface area contributed by atoms with Gasteiger partial charge in [0, 0.05) is 23.9 Å². The van der Waals surface area contributed by atoms with Crippen molar-refractivity contribution in [3.8, 4) is 0 Å². The zero-order valence-electron chi connectivity index (χ0n) is 9.45. The van der Waals surface area contributed by atoms with Gasteiger partial charge in [0.1, 0.15) is 0 Å². The van der Waals surface area contributed by atoms with Gasteiger partial charge in [-0.25, -0.2) is 0 Å². The highest BCUT2D eigenvalue weighted by atomic mass is 32.2. The third kappa shape index (κ3) is 2.34. The maximum atomic E-state index is 3.49. The highest BCUT2D eigenvalue weighted by Gasteiger charge is 2.39. The molecule has 0 bridgehead atoms. The number of piperidine rings is 1. The van der Waals surface area contributed by atoms with Crippen LogP contribution in [0.15, 0.2) is 0 Å². The van der Waals surface area contributed by atoms with Gasteiger partial charge in [0.15, 0.2) is 0 Å². The van der Waals surface area contributed by atoms with Gasteiger partial charge < -0.3 is 5.32 Å². The lowest BCUT2D eigenvalue weighted by Gasteiger charge is -2.38. The molecule has 0 aromatic heterocycles. The molecular weight excluding hydrogens is 204 g/mol. The molecular formula is C12H22N2S. The van der Waals surface area contributed by atoms with Gasteiger partial charge in [0.05, 0.1) is 0 Å². The van der Waals surface area contributed by atoms with E-state index in [4.69, 9.17) is 0 Å². The summed E-state index contributed by atoms with van der Waals surface area (Å²) in [5.41, 5.74) is 0. The monoisotopic (exact) mass is 226 g/mol. The molecule has 0 amide bonds. The Morgan fingerprint density at radius 1 is 0.867 bits per heavy atom. The molecule has 86 valence electrons. The molecule has 2 heterocycles. The second-order valence-electron chi connectivity index (χ2n) is 5.18. The second kappa shape index (κ2) is 4.64. The van der Waals surface area contributed by atoms with E-state index in [1.165, 1.54) is 56.7 Å². The minimum atomic E-state index is 0.905. The topological polar surface area (TPSA) is 15.3 Å². The molecule has 2 nitrogen and oxygen atoms in total. The summed E-state index contributed by atoms with van der Waals surface area (Å²) in [5.74, 6) is 2.80. The molecule has 2 saturated heterocycles. The maximum Gasteiger partial charge on any atom is 0.0200 e. The van der Waals surface area contributed by atoms with E-state index in [0.717, 1.165) is 18.1 Å². The van der Waals surface area contributed by atoms with Crippen molar-refractivity contribution in [2.45, 2.75) is 50.2 Å². The van der Waals surface area contributed by atoms with E-state index < -0.39 is 0 Å². The third-order valence-corrected chi connectivity index (χ3v) is 5.17. The van der Waals surface area contributed by atoms with E-state index in [0.29, 0.717) is 0 Å². The predicted molar refractivity (Wildman–Crippen MR) is 66.5 cm³/mol. The van der Waals surface area contributed by atoms with Crippen LogP contribution in [0.4, 0.5) is 0 Å². The molecule has 3 aliphatic rings. The standard InChI is InChI=1S/C12H22N2S/c1-2-10(1)14(12-5-8-15-9-12)11-3-6-13-7-4-11/h10-13H,1-9H2/t12-/m0/s1. The molecule has 0 aromatic rings. The van der Waals surface area contributed by atoms with Crippen molar-refractivity contribution >= 4 is 11.8 Å². The lowest BCUT2D eigenvalue weighted by Crippen LogP contribution is -2.49. The van der Waals surface area contributed by atoms with E-state index in [1.54, 1.807) is 0 Å². The van der Waals surface area contributed by atoms with E-state index in [9.17, 15) is 0 Å². The Morgan fingerprint density at radius 2 is 1.60 bits per heavy atom. The van der Waals surface area contributed by atoms with Crippen LogP contribution in [0.5, 0.6) is 0 Å². The van der Waals surface area contributed by atoms with Crippen molar-refractivity contribution in [2.75, 3.05) is 24.6 Å². The zero-order chi connectivity index (χ0) is 10.1. The van der Waals surface area contributed by atoms with Crippen LogP contribution >= 0.6 is 11.8 Å². The van der Waals surface area contributed by atoms with Gasteiger partial charge in [-0.2, -0.15) is 11.8 Å². The van der Waals surface area contributed by atoms with Crippen LogP contribution in [0, 0.1) is 0 Å². The molecule has 1 atom stereocenters. The summed E-state index contributed by atoms with van der Waals surface area (Å²) in [4.78, 5) is 2.92. The van der Waals surface area contributed by atoms with Gasteiger partial charge in [-0.3, -0.25) is 4.90 Å². The van der Waals surface area contributed by atoms with Crippen LogP contribution in [0.1, 0.15) is 32.1 Å². The summed E-state index contributed by atoms with van der Waals surface area (Å²) in [6.45, 7) is 2.49. The second-order valence-corrected chi connectivity index (χ2v) is 6.33. The Bertz CT molecular complexity index is 206. The summed E-state index contributed by atoms with van der Waals surface area (Å²) in [5, 5.41) is 3.49. The fraction of sp³-hybridized carbons (Fsp3) is 1.00. The molecule has 0 aromatic carbocycles. The van der Waals surface area contributed by atoms with Crippen molar-refractivity contribution in [1.29, 1.82) is 0 Å². The Labute approximate surface area is 97.2 Å². The van der Waals surface area contributed by atoms with Gasteiger partial charge in [0.25, 0.3) is 0 Å². The highest BCUT2D eigenvalue weighted by Crippen LogP contribution is 2.36. The minimum Gasteiger partial charge on any atom is -0.317 e. The van der Waals surface area contributed by atoms with E-state index >= 15 is 0 Å². The normalized spacial score (nSPS) is 33.8. The molecule has 1 aliphatic carbocycles. The fourth-order valence-corrected chi connectivity index (χ4v) is 4.35. The van der Waals surface area contributed by atoms with Crippen LogP contribution < -0.4 is 5.32 Å². The summed E-state index contributed by atoms with van der Waals surface area (Å²) < 4.78 is 0. The van der Waals surface area contributed by atoms with E-state index in [-0.39, 0.29) is 0 Å². The van der Waals surface area contributed by atoms with Gasteiger partial charge in [-0.1, -0.05) is 0 Å². The Balaban J connectivity index is 1.65. The maximum absolute atomic E-state index is 3.49. The first-order chi connectivity index (χ1) is 7.45. The average molecular weight is 226 g/mol. The summed E-state index contributed by atoms with van der Waals surface area (Å²) in [7, 11) is 0. The molecule has 1 N–H and O–H groups in total. The smallest absolute Gasteiger partial charge is 0.0200 e. The van der Waals surface area contributed by atoms with Gasteiger partial charge in [-0.15, -0.1) is 0 Å². The Kier molecular flexibility index (Phi) is 3.23. The highest BCUT2D eigenvalue weighted by molar-refractivity contribution is 7.99. The molecule has 2 aliphatic heterocycles. The SMILES string of the molecule is C1CC(N(C2CC2)[C@H]2CCSC2)CCN1. The molecule has 15 heavy (non-hydrogen) atoms. The molecule has 0 spiro atoms. The lowest BCUT2D eigenvalue weighted by atomic mass is 10.0. The van der Waals surface area contributed by atoms with Crippen molar-refractivity contribution in [3.63, 3.8) is 0 Å². The number of hydrogen-bond acceptors (Lipinski definition) is 3. The molecule has 0 unspecified atom stereocenters. The van der Waals surface area contributed by atoms with Crippen molar-refractivity contribution in [2.24, 2.45) is 0 Å². The quantitative estimate of drug-likeness (QED) is 0.789. The molecule has 0 radical (unpaired) electrons. The number of nitrogens with one attached hydrogen (secondary N) is 1. The Hall–Kier alpha value is 0.270. The summed E-state index contributed by atoms with van der Waals surface area (Å²) in [6, 6.07) is 2.80. The predicted octanol–water partition coefficient (Wildman–Crippen LogP) is 1.71. The lowest BCUT2D eigenvalue weighted by molar-refractivity contribution is 0.111. The molecule has 3 fully saturated rings. The number of hydrogen-bond donors (Lipinski definition) is 1. The van der Waals surface area contributed by atoms with Crippen LogP contribution in [0.2, 0.25) is 0 Å². The Morgan fingerprint density at radius 3 is 2.20 bits per heavy atom. The van der Waals surface area contributed by atoms with E-state index in [2.05, 4.69) is 22.0 Å². The molecule has 1 saturated carbocycles. The molecule has 3 rings (SSSR count). The van der Waals surface area contributed by atoms with Crippen LogP contribution in [-0.4, -0.2) is 47.6 Å². The first-order valence-corrected chi connectivity index (χ1v) is 7.66. The fourth-order valence-electron chi connectivity index (χ4n) is 3.13. The van der Waals surface area contributed by atoms with Crippen LogP contribution in [-0.2, 0) is 0 Å². The van der Waals surface area contributed by atoms with E-state index in [1.807, 2.05) is 0 Å². The van der Waals surface area contributed by atoms with Crippen molar-refractivity contribution in [3.05, 3.63) is 0 Å². The zero-order valence-corrected chi connectivity index (χ0v) is 10.3. The number of thioether (sulfide) groups is 1. The first kappa shape index (κ1) is 10.4. The summed E-state index contributed by atoms with van der Waals surface area (Å²) >= 11 is 2.16. The van der Waals surface area contributed by atoms with Gasteiger partial charge in [-0.05, 0) is 50.9 Å². The largest absolute Gasteiger partial charge is 0.317 e. The number of rotatable bonds is 3. The number of nitrogens with zero attached hydrogens (tertiary/aromatic N) is 1. The van der Waals surface area contributed by atoms with Crippen LogP contribution in [0.3, 0.4) is 0 Å². The first-order valence-electron chi connectivity index (χ1n) is 6.51. The van der Waals surface area contributed by atoms with Gasteiger partial charge >= 0.3 is 0 Å². The summed E-state index contributed by atoms with van der Waals surface area (Å²) in [6.07, 6.45) is 7.18. The third-order valence-electron chi connectivity index (χ3n) is 4.03. The van der Waals surface area contributed by atoms with Crippen molar-refractivity contribution < 1.29 is 0 Å². The minimum absolute atomic E-state index is 0.905.